The van der Waals surface area contributed by atoms with Crippen LogP contribution in [0.2, 0.25) is 0 Å². The summed E-state index contributed by atoms with van der Waals surface area (Å²) in [5.74, 6) is 0. The summed E-state index contributed by atoms with van der Waals surface area (Å²) >= 11 is 3.62. The second kappa shape index (κ2) is 7.27. The molecule has 0 spiro atoms. The lowest BCUT2D eigenvalue weighted by atomic mass is 10.0. The summed E-state index contributed by atoms with van der Waals surface area (Å²) in [5.41, 5.74) is 7.23. The number of nitrogens with one attached hydrogen (secondary N) is 1. The van der Waals surface area contributed by atoms with Gasteiger partial charge in [-0.3, -0.25) is 0 Å². The Hall–Kier alpha value is -0.380. The van der Waals surface area contributed by atoms with Crippen LogP contribution in [0.15, 0.2) is 28.7 Å². The van der Waals surface area contributed by atoms with Crippen LogP contribution in [-0.4, -0.2) is 12.6 Å². The maximum Gasteiger partial charge on any atom is 0.0457 e. The molecule has 1 saturated carbocycles. The van der Waals surface area contributed by atoms with Crippen LogP contribution in [0, 0.1) is 0 Å². The lowest BCUT2D eigenvalue weighted by molar-refractivity contribution is 0.402. The van der Waals surface area contributed by atoms with Crippen molar-refractivity contribution in [1.82, 2.24) is 5.32 Å². The van der Waals surface area contributed by atoms with Gasteiger partial charge in [0.25, 0.3) is 0 Å². The van der Waals surface area contributed by atoms with E-state index in [1.807, 2.05) is 6.07 Å². The molecule has 1 atom stereocenters. The van der Waals surface area contributed by atoms with Crippen LogP contribution in [0.1, 0.15) is 50.1 Å². The molecule has 1 unspecified atom stereocenters. The van der Waals surface area contributed by atoms with Crippen LogP contribution in [0.25, 0.3) is 0 Å². The molecule has 0 amide bonds. The summed E-state index contributed by atoms with van der Waals surface area (Å²) < 4.78 is 1.15. The first-order valence-electron chi connectivity index (χ1n) is 7.02. The molecule has 0 aromatic heterocycles. The predicted molar refractivity (Wildman–Crippen MR) is 80.6 cm³/mol. The molecule has 1 fully saturated rings. The van der Waals surface area contributed by atoms with Crippen molar-refractivity contribution < 1.29 is 0 Å². The van der Waals surface area contributed by atoms with E-state index in [4.69, 9.17) is 5.73 Å². The number of nitrogens with two attached hydrogens (primary N) is 1. The highest BCUT2D eigenvalue weighted by molar-refractivity contribution is 9.10. The normalized spacial score (nSPS) is 19.4. The van der Waals surface area contributed by atoms with Gasteiger partial charge in [-0.05, 0) is 24.5 Å². The highest BCUT2D eigenvalue weighted by Crippen LogP contribution is 2.25. The first-order chi connectivity index (χ1) is 8.81. The summed E-state index contributed by atoms with van der Waals surface area (Å²) in [6.07, 6.45) is 8.07. The molecule has 2 nitrogen and oxygen atoms in total. The Labute approximate surface area is 118 Å². The molecule has 0 aliphatic heterocycles. The zero-order valence-corrected chi connectivity index (χ0v) is 12.5. The highest BCUT2D eigenvalue weighted by Gasteiger charge is 2.18. The van der Waals surface area contributed by atoms with E-state index in [-0.39, 0.29) is 6.04 Å². The number of rotatable bonds is 4. The van der Waals surface area contributed by atoms with Crippen molar-refractivity contribution in [3.05, 3.63) is 34.3 Å². The van der Waals surface area contributed by atoms with Gasteiger partial charge in [0.15, 0.2) is 0 Å². The van der Waals surface area contributed by atoms with Gasteiger partial charge >= 0.3 is 0 Å². The smallest absolute Gasteiger partial charge is 0.0457 e. The van der Waals surface area contributed by atoms with Crippen molar-refractivity contribution in [2.24, 2.45) is 5.73 Å². The predicted octanol–water partition coefficient (Wildman–Crippen LogP) is 3.76. The third kappa shape index (κ3) is 3.81. The van der Waals surface area contributed by atoms with Crippen molar-refractivity contribution in [1.29, 1.82) is 0 Å². The van der Waals surface area contributed by atoms with E-state index in [0.717, 1.165) is 4.47 Å². The summed E-state index contributed by atoms with van der Waals surface area (Å²) in [7, 11) is 0. The molecular weight excluding hydrogens is 288 g/mol. The lowest BCUT2D eigenvalue weighted by Gasteiger charge is -2.25. The van der Waals surface area contributed by atoms with Crippen molar-refractivity contribution >= 4 is 15.9 Å². The molecule has 0 heterocycles. The number of hydrogen-bond acceptors (Lipinski definition) is 2. The molecule has 3 N–H and O–H groups in total. The lowest BCUT2D eigenvalue weighted by Crippen LogP contribution is -2.36. The molecule has 18 heavy (non-hydrogen) atoms. The minimum atomic E-state index is 0.267. The maximum absolute atomic E-state index is 5.95. The largest absolute Gasteiger partial charge is 0.329 e. The molecule has 0 bridgehead atoms. The van der Waals surface area contributed by atoms with Gasteiger partial charge in [0, 0.05) is 23.1 Å². The quantitative estimate of drug-likeness (QED) is 0.831. The standard InChI is InChI=1S/C15H23BrN2/c16-14-10-6-5-9-13(14)15(11-17)18-12-7-3-1-2-4-8-12/h5-6,9-10,12,15,18H,1-4,7-8,11,17H2. The van der Waals surface area contributed by atoms with Crippen LogP contribution in [-0.2, 0) is 0 Å². The van der Waals surface area contributed by atoms with Crippen molar-refractivity contribution in [2.45, 2.75) is 50.6 Å². The molecular formula is C15H23BrN2. The van der Waals surface area contributed by atoms with E-state index >= 15 is 0 Å². The van der Waals surface area contributed by atoms with E-state index in [9.17, 15) is 0 Å². The Balaban J connectivity index is 2.02. The zero-order chi connectivity index (χ0) is 12.8. The highest BCUT2D eigenvalue weighted by atomic mass is 79.9. The van der Waals surface area contributed by atoms with Crippen LogP contribution < -0.4 is 11.1 Å². The fourth-order valence-electron chi connectivity index (χ4n) is 2.77. The molecule has 0 radical (unpaired) electrons. The average molecular weight is 311 g/mol. The second-order valence-electron chi connectivity index (χ2n) is 5.16. The summed E-state index contributed by atoms with van der Waals surface area (Å²) in [4.78, 5) is 0. The molecule has 1 aliphatic rings. The van der Waals surface area contributed by atoms with E-state index in [1.54, 1.807) is 0 Å². The van der Waals surface area contributed by atoms with Crippen LogP contribution in [0.4, 0.5) is 0 Å². The number of benzene rings is 1. The SMILES string of the molecule is NCC(NC1CCCCCC1)c1ccccc1Br. The number of halogens is 1. The minimum Gasteiger partial charge on any atom is -0.329 e. The van der Waals surface area contributed by atoms with Gasteiger partial charge in [0.2, 0.25) is 0 Å². The fourth-order valence-corrected chi connectivity index (χ4v) is 3.33. The van der Waals surface area contributed by atoms with Gasteiger partial charge in [0.05, 0.1) is 0 Å². The third-order valence-corrected chi connectivity index (χ3v) is 4.53. The van der Waals surface area contributed by atoms with E-state index in [2.05, 4.69) is 39.4 Å². The van der Waals surface area contributed by atoms with Crippen LogP contribution >= 0.6 is 15.9 Å². The molecule has 1 aromatic carbocycles. The Bertz CT molecular complexity index is 359. The first kappa shape index (κ1) is 14.0. The summed E-state index contributed by atoms with van der Waals surface area (Å²) in [6, 6.07) is 9.28. The topological polar surface area (TPSA) is 38.0 Å². The second-order valence-corrected chi connectivity index (χ2v) is 6.02. The van der Waals surface area contributed by atoms with Gasteiger partial charge < -0.3 is 11.1 Å². The Kier molecular flexibility index (Phi) is 5.67. The molecule has 100 valence electrons. The van der Waals surface area contributed by atoms with E-state index in [0.29, 0.717) is 12.6 Å². The van der Waals surface area contributed by atoms with Crippen LogP contribution in [0.3, 0.4) is 0 Å². The maximum atomic E-state index is 5.95. The van der Waals surface area contributed by atoms with E-state index in [1.165, 1.54) is 44.1 Å². The molecule has 3 heteroatoms. The molecule has 0 saturated heterocycles. The van der Waals surface area contributed by atoms with Crippen molar-refractivity contribution in [3.8, 4) is 0 Å². The minimum absolute atomic E-state index is 0.267. The van der Waals surface area contributed by atoms with Gasteiger partial charge in [-0.15, -0.1) is 0 Å². The van der Waals surface area contributed by atoms with Gasteiger partial charge in [-0.1, -0.05) is 59.8 Å². The van der Waals surface area contributed by atoms with Crippen LogP contribution in [0.5, 0.6) is 0 Å². The zero-order valence-electron chi connectivity index (χ0n) is 10.9. The Morgan fingerprint density at radius 1 is 1.17 bits per heavy atom. The average Bonchev–Trinajstić information content (AvgIpc) is 2.65. The Morgan fingerprint density at radius 3 is 2.44 bits per heavy atom. The monoisotopic (exact) mass is 310 g/mol. The molecule has 1 aromatic rings. The fraction of sp³-hybridized carbons (Fsp3) is 0.600. The first-order valence-corrected chi connectivity index (χ1v) is 7.81. The van der Waals surface area contributed by atoms with Crippen molar-refractivity contribution in [3.63, 3.8) is 0 Å². The molecule has 1 aliphatic carbocycles. The van der Waals surface area contributed by atoms with E-state index < -0.39 is 0 Å². The summed E-state index contributed by atoms with van der Waals surface area (Å²) in [5, 5.41) is 3.75. The number of hydrogen-bond donors (Lipinski definition) is 2. The third-order valence-electron chi connectivity index (χ3n) is 3.81. The molecule has 2 rings (SSSR count). The Morgan fingerprint density at radius 2 is 1.83 bits per heavy atom. The van der Waals surface area contributed by atoms with Gasteiger partial charge in [0.1, 0.15) is 0 Å². The summed E-state index contributed by atoms with van der Waals surface area (Å²) in [6.45, 7) is 0.652. The van der Waals surface area contributed by atoms with Gasteiger partial charge in [-0.2, -0.15) is 0 Å². The van der Waals surface area contributed by atoms with Crippen molar-refractivity contribution in [2.75, 3.05) is 6.54 Å². The van der Waals surface area contributed by atoms with Gasteiger partial charge in [-0.25, -0.2) is 0 Å².